The largest absolute Gasteiger partial charge is 0.495 e. The summed E-state index contributed by atoms with van der Waals surface area (Å²) in [5.74, 6) is 12.2. The minimum absolute atomic E-state index is 0.744. The molecule has 1 N–H and O–H groups in total. The highest BCUT2D eigenvalue weighted by Gasteiger charge is 2.00. The van der Waals surface area contributed by atoms with E-state index in [1.807, 2.05) is 54.6 Å². The van der Waals surface area contributed by atoms with Crippen LogP contribution in [0.5, 0.6) is 5.75 Å². The van der Waals surface area contributed by atoms with Crippen LogP contribution in [0.4, 0.5) is 0 Å². The fourth-order valence-corrected chi connectivity index (χ4v) is 1.80. The van der Waals surface area contributed by atoms with E-state index in [1.54, 1.807) is 19.3 Å². The van der Waals surface area contributed by atoms with Crippen molar-refractivity contribution < 1.29 is 9.84 Å². The first-order valence-corrected chi connectivity index (χ1v) is 6.85. The topological polar surface area (TPSA) is 29.5 Å². The first-order valence-electron chi connectivity index (χ1n) is 6.85. The highest BCUT2D eigenvalue weighted by Crippen LogP contribution is 2.15. The van der Waals surface area contributed by atoms with Gasteiger partial charge in [-0.1, -0.05) is 66.1 Å². The van der Waals surface area contributed by atoms with Gasteiger partial charge in [0, 0.05) is 0 Å². The van der Waals surface area contributed by atoms with Crippen molar-refractivity contribution in [2.24, 2.45) is 0 Å². The van der Waals surface area contributed by atoms with E-state index in [-0.39, 0.29) is 0 Å². The molecule has 0 aliphatic carbocycles. The van der Waals surface area contributed by atoms with Crippen molar-refractivity contribution >= 4 is 0 Å². The highest BCUT2D eigenvalue weighted by molar-refractivity contribution is 5.47. The second kappa shape index (κ2) is 8.37. The molecule has 108 valence electrons. The van der Waals surface area contributed by atoms with Crippen molar-refractivity contribution in [3.05, 3.63) is 77.9 Å². The van der Waals surface area contributed by atoms with Gasteiger partial charge < -0.3 is 9.84 Å². The van der Waals surface area contributed by atoms with Gasteiger partial charge in [0.1, 0.15) is 11.9 Å². The van der Waals surface area contributed by atoms with E-state index in [0.717, 1.165) is 16.9 Å². The zero-order valence-electron chi connectivity index (χ0n) is 12.3. The van der Waals surface area contributed by atoms with Crippen LogP contribution in [0.1, 0.15) is 17.2 Å². The molecule has 22 heavy (non-hydrogen) atoms. The summed E-state index contributed by atoms with van der Waals surface area (Å²) in [5.41, 5.74) is 1.61. The third-order valence-electron chi connectivity index (χ3n) is 2.90. The van der Waals surface area contributed by atoms with Gasteiger partial charge in [-0.05, 0) is 29.8 Å². The number of hydrogen-bond acceptors (Lipinski definition) is 2. The van der Waals surface area contributed by atoms with Crippen molar-refractivity contribution in [1.29, 1.82) is 0 Å². The Morgan fingerprint density at radius 2 is 1.64 bits per heavy atom. The highest BCUT2D eigenvalue weighted by atomic mass is 16.5. The van der Waals surface area contributed by atoms with Crippen LogP contribution < -0.4 is 4.74 Å². The Balaban J connectivity index is 1.98. The SMILES string of the molecule is COc1ccccc1C#C/C=C\C#CC(O)c1ccccc1. The summed E-state index contributed by atoms with van der Waals surface area (Å²) in [5, 5.41) is 9.86. The van der Waals surface area contributed by atoms with E-state index in [4.69, 9.17) is 4.74 Å². The maximum atomic E-state index is 9.86. The number of allylic oxidation sites excluding steroid dienone is 2. The normalized spacial score (nSPS) is 11.0. The van der Waals surface area contributed by atoms with Gasteiger partial charge in [-0.15, -0.1) is 0 Å². The maximum absolute atomic E-state index is 9.86. The van der Waals surface area contributed by atoms with E-state index >= 15 is 0 Å². The Morgan fingerprint density at radius 3 is 2.41 bits per heavy atom. The lowest BCUT2D eigenvalue weighted by atomic mass is 10.1. The molecule has 2 aromatic rings. The Hall–Kier alpha value is -2.94. The molecule has 0 spiro atoms. The molecule has 0 aliphatic heterocycles. The average Bonchev–Trinajstić information content (AvgIpc) is 2.58. The molecule has 2 aromatic carbocycles. The molecule has 0 amide bonds. The number of ether oxygens (including phenoxy) is 1. The lowest BCUT2D eigenvalue weighted by molar-refractivity contribution is 0.238. The Labute approximate surface area is 131 Å². The Morgan fingerprint density at radius 1 is 0.955 bits per heavy atom. The molecule has 0 heterocycles. The molecule has 2 nitrogen and oxygen atoms in total. The van der Waals surface area contributed by atoms with Gasteiger partial charge in [0.15, 0.2) is 0 Å². The number of benzene rings is 2. The van der Waals surface area contributed by atoms with Gasteiger partial charge in [0.25, 0.3) is 0 Å². The second-order valence-corrected chi connectivity index (χ2v) is 4.40. The van der Waals surface area contributed by atoms with Gasteiger partial charge in [-0.25, -0.2) is 0 Å². The second-order valence-electron chi connectivity index (χ2n) is 4.40. The molecule has 1 atom stereocenters. The van der Waals surface area contributed by atoms with E-state index in [2.05, 4.69) is 23.7 Å². The van der Waals surface area contributed by atoms with E-state index < -0.39 is 6.10 Å². The van der Waals surface area contributed by atoms with E-state index in [0.29, 0.717) is 0 Å². The quantitative estimate of drug-likeness (QED) is 0.859. The third kappa shape index (κ3) is 4.56. The molecular formula is C20H16O2. The summed E-state index contributed by atoms with van der Waals surface area (Å²) in [7, 11) is 1.62. The molecule has 0 saturated carbocycles. The fraction of sp³-hybridized carbons (Fsp3) is 0.100. The summed E-state index contributed by atoms with van der Waals surface area (Å²) < 4.78 is 5.22. The standard InChI is InChI=1S/C20H16O2/c1-22-20-16-10-9-14-18(20)13-5-2-3-8-15-19(21)17-11-6-4-7-12-17/h2-4,6-7,9-12,14,16,19,21H,1H3/b3-2-. The molecule has 2 rings (SSSR count). The number of rotatable bonds is 2. The molecule has 0 aliphatic rings. The molecule has 1 unspecified atom stereocenters. The smallest absolute Gasteiger partial charge is 0.140 e. The van der Waals surface area contributed by atoms with Crippen LogP contribution in [-0.2, 0) is 0 Å². The Kier molecular flexibility index (Phi) is 5.88. The summed E-state index contributed by atoms with van der Waals surface area (Å²) >= 11 is 0. The zero-order chi connectivity index (χ0) is 15.6. The predicted molar refractivity (Wildman–Crippen MR) is 88.2 cm³/mol. The first kappa shape index (κ1) is 15.4. The monoisotopic (exact) mass is 288 g/mol. The van der Waals surface area contributed by atoms with Crippen molar-refractivity contribution in [1.82, 2.24) is 0 Å². The van der Waals surface area contributed by atoms with Crippen LogP contribution in [-0.4, -0.2) is 12.2 Å². The minimum atomic E-state index is -0.784. The van der Waals surface area contributed by atoms with Crippen molar-refractivity contribution in [2.45, 2.75) is 6.10 Å². The number of methoxy groups -OCH3 is 1. The molecule has 0 saturated heterocycles. The lowest BCUT2D eigenvalue weighted by Gasteiger charge is -2.01. The van der Waals surface area contributed by atoms with Crippen LogP contribution in [0.15, 0.2) is 66.7 Å². The minimum Gasteiger partial charge on any atom is -0.495 e. The van der Waals surface area contributed by atoms with Gasteiger partial charge in [0.2, 0.25) is 0 Å². The van der Waals surface area contributed by atoms with Crippen LogP contribution in [0.25, 0.3) is 0 Å². The molecule has 0 aromatic heterocycles. The fourth-order valence-electron chi connectivity index (χ4n) is 1.80. The van der Waals surface area contributed by atoms with Crippen LogP contribution in [0.3, 0.4) is 0 Å². The molecule has 0 bridgehead atoms. The third-order valence-corrected chi connectivity index (χ3v) is 2.90. The number of aliphatic hydroxyl groups excluding tert-OH is 1. The van der Waals surface area contributed by atoms with Gasteiger partial charge in [-0.2, -0.15) is 0 Å². The van der Waals surface area contributed by atoms with Crippen molar-refractivity contribution in [2.75, 3.05) is 7.11 Å². The first-order chi connectivity index (χ1) is 10.8. The number of hydrogen-bond donors (Lipinski definition) is 1. The summed E-state index contributed by atoms with van der Waals surface area (Å²) in [6.45, 7) is 0. The average molecular weight is 288 g/mol. The molecular weight excluding hydrogens is 272 g/mol. The summed E-state index contributed by atoms with van der Waals surface area (Å²) in [4.78, 5) is 0. The van der Waals surface area contributed by atoms with Gasteiger partial charge in [0.05, 0.1) is 12.7 Å². The molecule has 0 radical (unpaired) electrons. The van der Waals surface area contributed by atoms with Crippen LogP contribution >= 0.6 is 0 Å². The molecule has 0 fully saturated rings. The lowest BCUT2D eigenvalue weighted by Crippen LogP contribution is -1.91. The van der Waals surface area contributed by atoms with E-state index in [1.165, 1.54) is 0 Å². The van der Waals surface area contributed by atoms with Gasteiger partial charge >= 0.3 is 0 Å². The maximum Gasteiger partial charge on any atom is 0.140 e. The van der Waals surface area contributed by atoms with E-state index in [9.17, 15) is 5.11 Å². The zero-order valence-corrected chi connectivity index (χ0v) is 12.3. The predicted octanol–water partition coefficient (Wildman–Crippen LogP) is 3.34. The van der Waals surface area contributed by atoms with Crippen LogP contribution in [0.2, 0.25) is 0 Å². The Bertz CT molecular complexity index is 753. The number of para-hydroxylation sites is 1. The van der Waals surface area contributed by atoms with Crippen molar-refractivity contribution in [3.8, 4) is 29.4 Å². The molecule has 2 heteroatoms. The van der Waals surface area contributed by atoms with Crippen LogP contribution in [0, 0.1) is 23.7 Å². The van der Waals surface area contributed by atoms with Crippen molar-refractivity contribution in [3.63, 3.8) is 0 Å². The number of aliphatic hydroxyl groups is 1. The summed E-state index contributed by atoms with van der Waals surface area (Å²) in [6, 6.07) is 16.9. The van der Waals surface area contributed by atoms with Gasteiger partial charge in [-0.3, -0.25) is 0 Å². The summed E-state index contributed by atoms with van der Waals surface area (Å²) in [6.07, 6.45) is 2.49.